The Morgan fingerprint density at radius 1 is 1.29 bits per heavy atom. The van der Waals surface area contributed by atoms with Gasteiger partial charge in [0.25, 0.3) is 0 Å². The average Bonchev–Trinajstić information content (AvgIpc) is 2.42. The highest BCUT2D eigenvalue weighted by atomic mass is 35.5. The monoisotopic (exact) mass is 360 g/mol. The van der Waals surface area contributed by atoms with Gasteiger partial charge in [0.05, 0.1) is 6.54 Å². The summed E-state index contributed by atoms with van der Waals surface area (Å²) in [5.41, 5.74) is 0.235. The molecule has 0 aliphatic rings. The Kier molecular flexibility index (Phi) is 8.37. The quantitative estimate of drug-likeness (QED) is 0.847. The van der Waals surface area contributed by atoms with E-state index in [2.05, 4.69) is 0 Å². The van der Waals surface area contributed by atoms with Gasteiger partial charge >= 0.3 is 5.97 Å². The summed E-state index contributed by atoms with van der Waals surface area (Å²) in [6.07, 6.45) is 0. The van der Waals surface area contributed by atoms with Gasteiger partial charge in [-0.3, -0.25) is 14.5 Å². The Morgan fingerprint density at radius 2 is 1.88 bits per heavy atom. The number of nitrogens with zero attached hydrogens (tertiary/aromatic N) is 2. The second kappa shape index (κ2) is 8.99. The number of carboxylic acids is 1. The molecule has 0 heterocycles. The van der Waals surface area contributed by atoms with Crippen molar-refractivity contribution in [3.63, 3.8) is 0 Å². The highest BCUT2D eigenvalue weighted by Crippen LogP contribution is 2.18. The predicted molar refractivity (Wildman–Crippen MR) is 93.7 cm³/mol. The lowest BCUT2D eigenvalue weighted by atomic mass is 10.0. The maximum Gasteiger partial charge on any atom is 0.320 e. The molecule has 1 N–H and O–H groups in total. The Labute approximate surface area is 148 Å². The van der Waals surface area contributed by atoms with Gasteiger partial charge in [0.1, 0.15) is 11.9 Å². The van der Waals surface area contributed by atoms with Gasteiger partial charge in [-0.05, 0) is 52.4 Å². The van der Waals surface area contributed by atoms with Gasteiger partial charge < -0.3 is 10.0 Å². The van der Waals surface area contributed by atoms with Crippen LogP contribution in [0.2, 0.25) is 0 Å². The molecule has 7 heteroatoms. The number of hydrogen-bond acceptors (Lipinski definition) is 3. The molecule has 0 spiro atoms. The van der Waals surface area contributed by atoms with Crippen LogP contribution in [0.25, 0.3) is 0 Å². The lowest BCUT2D eigenvalue weighted by Gasteiger charge is -2.37. The minimum atomic E-state index is -0.979. The molecule has 136 valence electrons. The van der Waals surface area contributed by atoms with Crippen LogP contribution in [-0.4, -0.2) is 52.0 Å². The van der Waals surface area contributed by atoms with E-state index >= 15 is 0 Å². The SMILES string of the molecule is CC(C(=O)O)N(C)CC(=O)N(Cc1cccc(F)c1)C(C)(C)C.Cl. The van der Waals surface area contributed by atoms with E-state index < -0.39 is 17.6 Å². The van der Waals surface area contributed by atoms with Crippen molar-refractivity contribution in [3.05, 3.63) is 35.6 Å². The van der Waals surface area contributed by atoms with Crippen LogP contribution in [-0.2, 0) is 16.1 Å². The molecule has 0 bridgehead atoms. The van der Waals surface area contributed by atoms with Crippen LogP contribution in [0.5, 0.6) is 0 Å². The Bertz CT molecular complexity index is 575. The normalized spacial score (nSPS) is 12.5. The Morgan fingerprint density at radius 3 is 2.33 bits per heavy atom. The van der Waals surface area contributed by atoms with E-state index in [0.29, 0.717) is 5.56 Å². The van der Waals surface area contributed by atoms with E-state index in [1.165, 1.54) is 24.0 Å². The molecule has 0 fully saturated rings. The zero-order chi connectivity index (χ0) is 17.8. The molecule has 0 aliphatic heterocycles. The van der Waals surface area contributed by atoms with E-state index in [1.807, 2.05) is 20.8 Å². The Balaban J connectivity index is 0.00000529. The number of aliphatic carboxylic acids is 1. The van der Waals surface area contributed by atoms with Gasteiger partial charge in [-0.2, -0.15) is 0 Å². The Hall–Kier alpha value is -1.66. The number of carboxylic acid groups (broad SMARTS) is 1. The van der Waals surface area contributed by atoms with E-state index in [1.54, 1.807) is 24.1 Å². The van der Waals surface area contributed by atoms with Crippen molar-refractivity contribution >= 4 is 24.3 Å². The van der Waals surface area contributed by atoms with Crippen molar-refractivity contribution in [2.45, 2.75) is 45.8 Å². The number of rotatable bonds is 6. The molecule has 1 amide bonds. The number of halogens is 2. The fourth-order valence-corrected chi connectivity index (χ4v) is 2.14. The zero-order valence-electron chi connectivity index (χ0n) is 14.7. The summed E-state index contributed by atoms with van der Waals surface area (Å²) < 4.78 is 13.3. The van der Waals surface area contributed by atoms with Crippen LogP contribution in [0.15, 0.2) is 24.3 Å². The summed E-state index contributed by atoms with van der Waals surface area (Å²) in [6, 6.07) is 5.37. The van der Waals surface area contributed by atoms with Gasteiger partial charge in [0.15, 0.2) is 0 Å². The van der Waals surface area contributed by atoms with Crippen LogP contribution in [0.3, 0.4) is 0 Å². The van der Waals surface area contributed by atoms with Crippen LogP contribution in [0.1, 0.15) is 33.3 Å². The van der Waals surface area contributed by atoms with Crippen molar-refractivity contribution in [1.29, 1.82) is 0 Å². The molecule has 0 saturated heterocycles. The van der Waals surface area contributed by atoms with E-state index in [-0.39, 0.29) is 37.2 Å². The molecule has 1 atom stereocenters. The molecular weight excluding hydrogens is 335 g/mol. The molecule has 0 saturated carbocycles. The molecule has 0 aliphatic carbocycles. The summed E-state index contributed by atoms with van der Waals surface area (Å²) in [5.74, 6) is -1.52. The molecule has 1 unspecified atom stereocenters. The summed E-state index contributed by atoms with van der Waals surface area (Å²) in [6.45, 7) is 7.47. The van der Waals surface area contributed by atoms with Gasteiger partial charge in [0.2, 0.25) is 5.91 Å². The predicted octanol–water partition coefficient (Wildman–Crippen LogP) is 2.78. The van der Waals surface area contributed by atoms with E-state index in [0.717, 1.165) is 0 Å². The lowest BCUT2D eigenvalue weighted by molar-refractivity contribution is -0.144. The number of carbonyl (C=O) groups is 2. The van der Waals surface area contributed by atoms with Gasteiger partial charge in [-0.15, -0.1) is 12.4 Å². The number of likely N-dealkylation sites (N-methyl/N-ethyl adjacent to an activating group) is 1. The smallest absolute Gasteiger partial charge is 0.320 e. The van der Waals surface area contributed by atoms with Crippen molar-refractivity contribution < 1.29 is 19.1 Å². The number of amides is 1. The van der Waals surface area contributed by atoms with Gasteiger partial charge in [-0.25, -0.2) is 4.39 Å². The largest absolute Gasteiger partial charge is 0.480 e. The molecule has 5 nitrogen and oxygen atoms in total. The molecule has 1 rings (SSSR count). The molecule has 0 radical (unpaired) electrons. The fraction of sp³-hybridized carbons (Fsp3) is 0.529. The minimum Gasteiger partial charge on any atom is -0.480 e. The van der Waals surface area contributed by atoms with Gasteiger partial charge in [0, 0.05) is 12.1 Å². The maximum atomic E-state index is 13.3. The van der Waals surface area contributed by atoms with Crippen molar-refractivity contribution in [1.82, 2.24) is 9.80 Å². The van der Waals surface area contributed by atoms with Crippen LogP contribution >= 0.6 is 12.4 Å². The molecule has 24 heavy (non-hydrogen) atoms. The van der Waals surface area contributed by atoms with E-state index in [4.69, 9.17) is 5.11 Å². The molecule has 0 aromatic heterocycles. The standard InChI is InChI=1S/C17H25FN2O3.ClH/c1-12(16(22)23)19(5)11-15(21)20(17(2,3)4)10-13-7-6-8-14(18)9-13;/h6-9,12H,10-11H2,1-5H3,(H,22,23);1H. The third kappa shape index (κ3) is 6.45. The highest BCUT2D eigenvalue weighted by Gasteiger charge is 2.29. The first-order valence-electron chi connectivity index (χ1n) is 7.50. The first-order valence-corrected chi connectivity index (χ1v) is 7.50. The maximum absolute atomic E-state index is 13.3. The van der Waals surface area contributed by atoms with Crippen molar-refractivity contribution in [3.8, 4) is 0 Å². The average molecular weight is 361 g/mol. The van der Waals surface area contributed by atoms with Crippen molar-refractivity contribution in [2.75, 3.05) is 13.6 Å². The third-order valence-electron chi connectivity index (χ3n) is 3.74. The zero-order valence-corrected chi connectivity index (χ0v) is 15.6. The minimum absolute atomic E-state index is 0. The third-order valence-corrected chi connectivity index (χ3v) is 3.74. The van der Waals surface area contributed by atoms with Gasteiger partial charge in [-0.1, -0.05) is 12.1 Å². The second-order valence-electron chi connectivity index (χ2n) is 6.71. The van der Waals surface area contributed by atoms with E-state index in [9.17, 15) is 14.0 Å². The topological polar surface area (TPSA) is 60.9 Å². The summed E-state index contributed by atoms with van der Waals surface area (Å²) in [5, 5.41) is 9.02. The van der Waals surface area contributed by atoms with Crippen LogP contribution in [0.4, 0.5) is 4.39 Å². The molecular formula is C17H26ClFN2O3. The number of benzene rings is 1. The molecule has 1 aromatic carbocycles. The second-order valence-corrected chi connectivity index (χ2v) is 6.71. The summed E-state index contributed by atoms with van der Waals surface area (Å²) in [4.78, 5) is 26.7. The first kappa shape index (κ1) is 22.3. The number of hydrogen-bond donors (Lipinski definition) is 1. The summed E-state index contributed by atoms with van der Waals surface area (Å²) >= 11 is 0. The fourth-order valence-electron chi connectivity index (χ4n) is 2.14. The van der Waals surface area contributed by atoms with Crippen LogP contribution in [0, 0.1) is 5.82 Å². The lowest BCUT2D eigenvalue weighted by Crippen LogP contribution is -2.50. The highest BCUT2D eigenvalue weighted by molar-refractivity contribution is 5.85. The van der Waals surface area contributed by atoms with Crippen molar-refractivity contribution in [2.24, 2.45) is 0 Å². The summed E-state index contributed by atoms with van der Waals surface area (Å²) in [7, 11) is 1.60. The van der Waals surface area contributed by atoms with Crippen LogP contribution < -0.4 is 0 Å². The first-order chi connectivity index (χ1) is 10.5. The number of carbonyl (C=O) groups excluding carboxylic acids is 1. The molecule has 1 aromatic rings.